The monoisotopic (exact) mass is 244 g/mol. The second-order valence-electron chi connectivity index (χ2n) is 3.41. The lowest BCUT2D eigenvalue weighted by Crippen LogP contribution is -1.83. The zero-order chi connectivity index (χ0) is 11.1. The Hall–Kier alpha value is -1.63. The van der Waals surface area contributed by atoms with Gasteiger partial charge in [-0.3, -0.25) is 0 Å². The fourth-order valence-electron chi connectivity index (χ4n) is 1.73. The maximum atomic E-state index is 8.83. The molecule has 0 saturated carbocycles. The molecule has 16 heavy (non-hydrogen) atoms. The Kier molecular flexibility index (Phi) is 2.06. The lowest BCUT2D eigenvalue weighted by molar-refractivity contribution is 1.43. The van der Waals surface area contributed by atoms with Gasteiger partial charge in [0.15, 0.2) is 0 Å². The van der Waals surface area contributed by atoms with Crippen molar-refractivity contribution in [3.63, 3.8) is 0 Å². The Bertz CT molecular complexity index is 740. The Morgan fingerprint density at radius 1 is 1.25 bits per heavy atom. The highest BCUT2D eigenvalue weighted by molar-refractivity contribution is 7.18. The Morgan fingerprint density at radius 2 is 2.12 bits per heavy atom. The second-order valence-corrected chi connectivity index (χ2v) is 4.68. The fourth-order valence-corrected chi connectivity index (χ4v) is 2.97. The standard InChI is InChI=1S/C12H5ClN2S/c13-12-9-3-4-16-11(9)8-2-1-7(6-14)5-10(8)15-12/h1-5H. The summed E-state index contributed by atoms with van der Waals surface area (Å²) in [6.07, 6.45) is 0. The zero-order valence-electron chi connectivity index (χ0n) is 8.07. The van der Waals surface area contributed by atoms with Gasteiger partial charge in [-0.2, -0.15) is 5.26 Å². The minimum Gasteiger partial charge on any atom is -0.235 e. The van der Waals surface area contributed by atoms with Crippen molar-refractivity contribution in [1.29, 1.82) is 5.26 Å². The van der Waals surface area contributed by atoms with Crippen molar-refractivity contribution in [2.24, 2.45) is 0 Å². The maximum Gasteiger partial charge on any atom is 0.138 e. The summed E-state index contributed by atoms with van der Waals surface area (Å²) in [6, 6.07) is 9.56. The van der Waals surface area contributed by atoms with Crippen LogP contribution in [0.3, 0.4) is 0 Å². The van der Waals surface area contributed by atoms with Crippen molar-refractivity contribution in [3.8, 4) is 6.07 Å². The quantitative estimate of drug-likeness (QED) is 0.561. The van der Waals surface area contributed by atoms with Crippen molar-refractivity contribution in [3.05, 3.63) is 40.4 Å². The van der Waals surface area contributed by atoms with Crippen molar-refractivity contribution in [2.75, 3.05) is 0 Å². The van der Waals surface area contributed by atoms with Crippen LogP contribution in [0.4, 0.5) is 0 Å². The first-order chi connectivity index (χ1) is 7.79. The number of benzene rings is 1. The van der Waals surface area contributed by atoms with E-state index in [1.807, 2.05) is 17.5 Å². The molecule has 0 saturated heterocycles. The van der Waals surface area contributed by atoms with Crippen LogP contribution in [0.15, 0.2) is 29.6 Å². The van der Waals surface area contributed by atoms with Gasteiger partial charge in [0.2, 0.25) is 0 Å². The average Bonchev–Trinajstić information content (AvgIpc) is 2.78. The average molecular weight is 245 g/mol. The summed E-state index contributed by atoms with van der Waals surface area (Å²) in [5, 5.41) is 13.4. The van der Waals surface area contributed by atoms with Gasteiger partial charge in [-0.15, -0.1) is 11.3 Å². The molecule has 3 aromatic rings. The fraction of sp³-hybridized carbons (Fsp3) is 0. The Labute approximate surface area is 101 Å². The summed E-state index contributed by atoms with van der Waals surface area (Å²) in [5.41, 5.74) is 1.38. The van der Waals surface area contributed by atoms with Crippen molar-refractivity contribution in [1.82, 2.24) is 4.98 Å². The number of aromatic nitrogens is 1. The molecule has 0 fully saturated rings. The second kappa shape index (κ2) is 3.44. The predicted molar refractivity (Wildman–Crippen MR) is 66.9 cm³/mol. The molecule has 76 valence electrons. The highest BCUT2D eigenvalue weighted by atomic mass is 35.5. The third-order valence-electron chi connectivity index (χ3n) is 2.48. The van der Waals surface area contributed by atoms with E-state index >= 15 is 0 Å². The number of rotatable bonds is 0. The molecule has 0 spiro atoms. The van der Waals surface area contributed by atoms with Crippen molar-refractivity contribution < 1.29 is 0 Å². The molecule has 3 rings (SSSR count). The largest absolute Gasteiger partial charge is 0.235 e. The van der Waals surface area contributed by atoms with Gasteiger partial charge >= 0.3 is 0 Å². The first-order valence-corrected chi connectivity index (χ1v) is 5.92. The van der Waals surface area contributed by atoms with Gasteiger partial charge in [-0.05, 0) is 23.6 Å². The number of halogens is 1. The molecule has 4 heteroatoms. The third-order valence-corrected chi connectivity index (χ3v) is 3.71. The van der Waals surface area contributed by atoms with Crippen molar-refractivity contribution in [2.45, 2.75) is 0 Å². The van der Waals surface area contributed by atoms with Crippen LogP contribution in [-0.2, 0) is 0 Å². The molecule has 0 aliphatic rings. The van der Waals surface area contributed by atoms with Crippen LogP contribution in [0.25, 0.3) is 21.0 Å². The van der Waals surface area contributed by atoms with Gasteiger partial charge < -0.3 is 0 Å². The number of pyridine rings is 1. The molecule has 2 aromatic heterocycles. The Morgan fingerprint density at radius 3 is 2.94 bits per heavy atom. The molecule has 0 N–H and O–H groups in total. The van der Waals surface area contributed by atoms with E-state index in [4.69, 9.17) is 16.9 Å². The van der Waals surface area contributed by atoms with Crippen LogP contribution in [0, 0.1) is 11.3 Å². The summed E-state index contributed by atoms with van der Waals surface area (Å²) >= 11 is 7.72. The van der Waals surface area contributed by atoms with Gasteiger partial charge in [0.05, 0.1) is 17.1 Å². The molecule has 0 aliphatic heterocycles. The predicted octanol–water partition coefficient (Wildman–Crippen LogP) is 3.97. The first-order valence-electron chi connectivity index (χ1n) is 4.66. The van der Waals surface area contributed by atoms with Gasteiger partial charge in [0.1, 0.15) is 5.15 Å². The van der Waals surface area contributed by atoms with E-state index < -0.39 is 0 Å². The summed E-state index contributed by atoms with van der Waals surface area (Å²) in [5.74, 6) is 0. The molecule has 2 nitrogen and oxygen atoms in total. The maximum absolute atomic E-state index is 8.83. The number of nitrogens with zero attached hydrogens (tertiary/aromatic N) is 2. The van der Waals surface area contributed by atoms with Crippen molar-refractivity contribution >= 4 is 43.9 Å². The topological polar surface area (TPSA) is 36.7 Å². The number of nitriles is 1. The summed E-state index contributed by atoms with van der Waals surface area (Å²) in [7, 11) is 0. The molecule has 0 radical (unpaired) electrons. The normalized spacial score (nSPS) is 10.8. The number of hydrogen-bond donors (Lipinski definition) is 0. The number of fused-ring (bicyclic) bond motifs is 3. The summed E-state index contributed by atoms with van der Waals surface area (Å²) in [6.45, 7) is 0. The summed E-state index contributed by atoms with van der Waals surface area (Å²) in [4.78, 5) is 4.31. The molecule has 0 aliphatic carbocycles. The molecule has 0 bridgehead atoms. The van der Waals surface area contributed by atoms with E-state index in [1.54, 1.807) is 23.5 Å². The molecule has 0 atom stereocenters. The molecule has 2 heterocycles. The highest BCUT2D eigenvalue weighted by Gasteiger charge is 2.08. The molecule has 0 unspecified atom stereocenters. The molecule has 0 amide bonds. The summed E-state index contributed by atoms with van der Waals surface area (Å²) < 4.78 is 1.12. The van der Waals surface area contributed by atoms with Gasteiger partial charge in [-0.25, -0.2) is 4.98 Å². The molecular formula is C12H5ClN2S. The van der Waals surface area contributed by atoms with Gasteiger partial charge in [0, 0.05) is 15.5 Å². The minimum atomic E-state index is 0.499. The van der Waals surface area contributed by atoms with E-state index in [1.165, 1.54) is 0 Å². The lowest BCUT2D eigenvalue weighted by Gasteiger charge is -2.01. The Balaban J connectivity index is 2.54. The van der Waals surface area contributed by atoms with Gasteiger partial charge in [-0.1, -0.05) is 17.7 Å². The lowest BCUT2D eigenvalue weighted by atomic mass is 10.1. The van der Waals surface area contributed by atoms with Gasteiger partial charge in [0.25, 0.3) is 0 Å². The van der Waals surface area contributed by atoms with Crippen LogP contribution in [0.5, 0.6) is 0 Å². The van der Waals surface area contributed by atoms with Crippen LogP contribution in [-0.4, -0.2) is 4.98 Å². The molecular weight excluding hydrogens is 240 g/mol. The van der Waals surface area contributed by atoms with Crippen LogP contribution in [0.2, 0.25) is 5.15 Å². The smallest absolute Gasteiger partial charge is 0.138 e. The zero-order valence-corrected chi connectivity index (χ0v) is 9.64. The van der Waals surface area contributed by atoms with E-state index in [9.17, 15) is 0 Å². The van der Waals surface area contributed by atoms with E-state index in [0.29, 0.717) is 10.7 Å². The van der Waals surface area contributed by atoms with E-state index in [0.717, 1.165) is 21.0 Å². The van der Waals surface area contributed by atoms with Crippen LogP contribution >= 0.6 is 22.9 Å². The first kappa shape index (κ1) is 9.59. The number of hydrogen-bond acceptors (Lipinski definition) is 3. The van der Waals surface area contributed by atoms with E-state index in [2.05, 4.69) is 11.1 Å². The number of thiophene rings is 1. The molecule has 1 aromatic carbocycles. The SMILES string of the molecule is N#Cc1ccc2c(c1)nc(Cl)c1ccsc12. The van der Waals surface area contributed by atoms with Crippen LogP contribution in [0.1, 0.15) is 5.56 Å². The minimum absolute atomic E-state index is 0.499. The van der Waals surface area contributed by atoms with E-state index in [-0.39, 0.29) is 0 Å². The highest BCUT2D eigenvalue weighted by Crippen LogP contribution is 2.33. The van der Waals surface area contributed by atoms with Crippen LogP contribution < -0.4 is 0 Å². The third kappa shape index (κ3) is 1.28.